The van der Waals surface area contributed by atoms with Gasteiger partial charge in [0.2, 0.25) is 0 Å². The Morgan fingerprint density at radius 1 is 1.44 bits per heavy atom. The summed E-state index contributed by atoms with van der Waals surface area (Å²) in [6.07, 6.45) is 0.379. The second-order valence-corrected chi connectivity index (χ2v) is 3.80. The standard InChI is InChI=1S/C12H21N3O3/c1-5-9-7-10(15(6-2)14-9)12(16)13-8-11(17-3)18-4/h7,11H,5-6,8H2,1-4H3,(H,13,16). The van der Waals surface area contributed by atoms with E-state index in [9.17, 15) is 4.79 Å². The monoisotopic (exact) mass is 255 g/mol. The molecule has 0 aromatic carbocycles. The Balaban J connectivity index is 2.68. The molecule has 0 radical (unpaired) electrons. The molecule has 6 heteroatoms. The smallest absolute Gasteiger partial charge is 0.269 e. The van der Waals surface area contributed by atoms with E-state index in [1.807, 2.05) is 19.9 Å². The molecule has 1 aromatic rings. The minimum Gasteiger partial charge on any atom is -0.354 e. The first-order valence-corrected chi connectivity index (χ1v) is 6.06. The topological polar surface area (TPSA) is 65.4 Å². The number of amides is 1. The number of methoxy groups -OCH3 is 2. The summed E-state index contributed by atoms with van der Waals surface area (Å²) in [5.74, 6) is -0.164. The number of rotatable bonds is 7. The number of carbonyl (C=O) groups is 1. The third kappa shape index (κ3) is 3.54. The molecule has 0 saturated heterocycles. The van der Waals surface area contributed by atoms with Gasteiger partial charge in [0.15, 0.2) is 6.29 Å². The van der Waals surface area contributed by atoms with Crippen LogP contribution in [0.25, 0.3) is 0 Å². The molecule has 0 saturated carbocycles. The molecule has 18 heavy (non-hydrogen) atoms. The van der Waals surface area contributed by atoms with Crippen molar-refractivity contribution in [3.8, 4) is 0 Å². The first-order chi connectivity index (χ1) is 8.65. The van der Waals surface area contributed by atoms with Crippen LogP contribution in [0.2, 0.25) is 0 Å². The minimum absolute atomic E-state index is 0.164. The summed E-state index contributed by atoms with van der Waals surface area (Å²) >= 11 is 0. The molecule has 1 amide bonds. The van der Waals surface area contributed by atoms with Crippen molar-refractivity contribution in [3.05, 3.63) is 17.5 Å². The van der Waals surface area contributed by atoms with E-state index >= 15 is 0 Å². The summed E-state index contributed by atoms with van der Waals surface area (Å²) in [6.45, 7) is 4.94. The van der Waals surface area contributed by atoms with Crippen molar-refractivity contribution in [3.63, 3.8) is 0 Å². The third-order valence-electron chi connectivity index (χ3n) is 2.68. The van der Waals surface area contributed by atoms with Crippen LogP contribution in [0.5, 0.6) is 0 Å². The minimum atomic E-state index is -0.433. The van der Waals surface area contributed by atoms with E-state index in [0.717, 1.165) is 12.1 Å². The Morgan fingerprint density at radius 2 is 2.11 bits per heavy atom. The number of hydrogen-bond donors (Lipinski definition) is 1. The van der Waals surface area contributed by atoms with Crippen molar-refractivity contribution in [2.24, 2.45) is 0 Å². The van der Waals surface area contributed by atoms with E-state index in [1.165, 1.54) is 14.2 Å². The van der Waals surface area contributed by atoms with Gasteiger partial charge in [-0.05, 0) is 19.4 Å². The highest BCUT2D eigenvalue weighted by molar-refractivity contribution is 5.92. The molecule has 0 unspecified atom stereocenters. The highest BCUT2D eigenvalue weighted by Gasteiger charge is 2.15. The lowest BCUT2D eigenvalue weighted by molar-refractivity contribution is -0.0974. The Bertz CT molecular complexity index is 386. The average Bonchev–Trinajstić information content (AvgIpc) is 2.83. The lowest BCUT2D eigenvalue weighted by Gasteiger charge is -2.14. The fraction of sp³-hybridized carbons (Fsp3) is 0.667. The number of aromatic nitrogens is 2. The molecule has 102 valence electrons. The number of nitrogens with zero attached hydrogens (tertiary/aromatic N) is 2. The highest BCUT2D eigenvalue weighted by atomic mass is 16.7. The lowest BCUT2D eigenvalue weighted by atomic mass is 10.3. The zero-order chi connectivity index (χ0) is 13.5. The Labute approximate surface area is 107 Å². The van der Waals surface area contributed by atoms with Gasteiger partial charge >= 0.3 is 0 Å². The van der Waals surface area contributed by atoms with Crippen molar-refractivity contribution in [2.45, 2.75) is 33.1 Å². The number of hydrogen-bond acceptors (Lipinski definition) is 4. The van der Waals surface area contributed by atoms with Crippen LogP contribution in [-0.2, 0) is 22.4 Å². The molecule has 0 bridgehead atoms. The van der Waals surface area contributed by atoms with E-state index < -0.39 is 6.29 Å². The van der Waals surface area contributed by atoms with Crippen LogP contribution in [0, 0.1) is 0 Å². The summed E-state index contributed by atoms with van der Waals surface area (Å²) in [7, 11) is 3.07. The molecular formula is C12H21N3O3. The molecule has 1 rings (SSSR count). The van der Waals surface area contributed by atoms with Gasteiger partial charge in [0.1, 0.15) is 5.69 Å². The van der Waals surface area contributed by atoms with Crippen LogP contribution in [-0.4, -0.2) is 42.7 Å². The maximum absolute atomic E-state index is 12.0. The number of aryl methyl sites for hydroxylation is 2. The van der Waals surface area contributed by atoms with Crippen LogP contribution in [0.1, 0.15) is 30.0 Å². The normalized spacial score (nSPS) is 10.9. The zero-order valence-corrected chi connectivity index (χ0v) is 11.4. The summed E-state index contributed by atoms with van der Waals surface area (Å²) < 4.78 is 11.7. The quantitative estimate of drug-likeness (QED) is 0.732. The summed E-state index contributed by atoms with van der Waals surface area (Å²) in [4.78, 5) is 12.0. The first kappa shape index (κ1) is 14.7. The Kier molecular flexibility index (Phi) is 5.80. The number of nitrogens with one attached hydrogen (secondary N) is 1. The molecule has 6 nitrogen and oxygen atoms in total. The zero-order valence-electron chi connectivity index (χ0n) is 11.4. The van der Waals surface area contributed by atoms with Crippen molar-refractivity contribution in [1.82, 2.24) is 15.1 Å². The lowest BCUT2D eigenvalue weighted by Crippen LogP contribution is -2.35. The molecule has 0 aliphatic heterocycles. The molecule has 0 atom stereocenters. The maximum Gasteiger partial charge on any atom is 0.269 e. The van der Waals surface area contributed by atoms with Crippen LogP contribution in [0.3, 0.4) is 0 Å². The number of carbonyl (C=O) groups excluding carboxylic acids is 1. The largest absolute Gasteiger partial charge is 0.354 e. The molecule has 1 heterocycles. The van der Waals surface area contributed by atoms with E-state index in [2.05, 4.69) is 10.4 Å². The summed E-state index contributed by atoms with van der Waals surface area (Å²) in [6, 6.07) is 1.81. The van der Waals surface area contributed by atoms with Gasteiger partial charge in [-0.2, -0.15) is 5.10 Å². The average molecular weight is 255 g/mol. The van der Waals surface area contributed by atoms with Crippen LogP contribution in [0.15, 0.2) is 6.07 Å². The fourth-order valence-electron chi connectivity index (χ4n) is 1.60. The first-order valence-electron chi connectivity index (χ1n) is 6.06. The van der Waals surface area contributed by atoms with Crippen molar-refractivity contribution < 1.29 is 14.3 Å². The maximum atomic E-state index is 12.0. The van der Waals surface area contributed by atoms with Crippen molar-refractivity contribution in [1.29, 1.82) is 0 Å². The predicted molar refractivity (Wildman–Crippen MR) is 67.4 cm³/mol. The van der Waals surface area contributed by atoms with E-state index in [0.29, 0.717) is 18.8 Å². The second-order valence-electron chi connectivity index (χ2n) is 3.80. The van der Waals surface area contributed by atoms with Gasteiger partial charge in [0.25, 0.3) is 5.91 Å². The Hall–Kier alpha value is -1.40. The van der Waals surface area contributed by atoms with E-state index in [1.54, 1.807) is 4.68 Å². The molecular weight excluding hydrogens is 234 g/mol. The van der Waals surface area contributed by atoms with Gasteiger partial charge in [-0.25, -0.2) is 0 Å². The van der Waals surface area contributed by atoms with Crippen molar-refractivity contribution in [2.75, 3.05) is 20.8 Å². The Morgan fingerprint density at radius 3 is 2.61 bits per heavy atom. The molecule has 0 fully saturated rings. The second kappa shape index (κ2) is 7.13. The summed E-state index contributed by atoms with van der Waals surface area (Å²) in [5, 5.41) is 7.09. The molecule has 0 spiro atoms. The van der Waals surface area contributed by atoms with Gasteiger partial charge in [-0.3, -0.25) is 9.48 Å². The van der Waals surface area contributed by atoms with Crippen LogP contribution in [0.4, 0.5) is 0 Å². The molecule has 0 aliphatic carbocycles. The highest BCUT2D eigenvalue weighted by Crippen LogP contribution is 2.05. The molecule has 0 aliphatic rings. The predicted octanol–water partition coefficient (Wildman–Crippen LogP) is 0.814. The van der Waals surface area contributed by atoms with Gasteiger partial charge in [-0.1, -0.05) is 6.92 Å². The van der Waals surface area contributed by atoms with E-state index in [4.69, 9.17) is 9.47 Å². The number of ether oxygens (including phenoxy) is 2. The van der Waals surface area contributed by atoms with Gasteiger partial charge in [0.05, 0.1) is 12.2 Å². The van der Waals surface area contributed by atoms with Gasteiger partial charge in [-0.15, -0.1) is 0 Å². The fourth-order valence-corrected chi connectivity index (χ4v) is 1.60. The van der Waals surface area contributed by atoms with E-state index in [-0.39, 0.29) is 5.91 Å². The SMILES string of the molecule is CCc1cc(C(=O)NCC(OC)OC)n(CC)n1. The van der Waals surface area contributed by atoms with Crippen LogP contribution >= 0.6 is 0 Å². The summed E-state index contributed by atoms with van der Waals surface area (Å²) in [5.41, 5.74) is 1.48. The van der Waals surface area contributed by atoms with Gasteiger partial charge < -0.3 is 14.8 Å². The molecule has 1 aromatic heterocycles. The van der Waals surface area contributed by atoms with Crippen LogP contribution < -0.4 is 5.32 Å². The molecule has 1 N–H and O–H groups in total. The third-order valence-corrected chi connectivity index (χ3v) is 2.68. The van der Waals surface area contributed by atoms with Gasteiger partial charge in [0, 0.05) is 20.8 Å². The van der Waals surface area contributed by atoms with Crippen molar-refractivity contribution >= 4 is 5.91 Å².